The Balaban J connectivity index is 2.13. The van der Waals surface area contributed by atoms with Gasteiger partial charge in [-0.1, -0.05) is 6.92 Å². The molecule has 1 aliphatic rings. The Labute approximate surface area is 51.7 Å². The van der Waals surface area contributed by atoms with Gasteiger partial charge >= 0.3 is 0 Å². The van der Waals surface area contributed by atoms with E-state index in [9.17, 15) is 0 Å². The van der Waals surface area contributed by atoms with Crippen LogP contribution in [-0.4, -0.2) is 24.5 Å². The number of rotatable bonds is 1. The second-order valence-electron chi connectivity index (χ2n) is 2.32. The first kappa shape index (κ1) is 6.09. The van der Waals surface area contributed by atoms with Gasteiger partial charge < -0.3 is 4.90 Å². The SMILES string of the molecule is CCN1C[CH]CCC1. The number of hydrogen-bond acceptors (Lipinski definition) is 1. The summed E-state index contributed by atoms with van der Waals surface area (Å²) in [6, 6.07) is 0. The Morgan fingerprint density at radius 1 is 1.62 bits per heavy atom. The van der Waals surface area contributed by atoms with Gasteiger partial charge in [0.1, 0.15) is 0 Å². The lowest BCUT2D eigenvalue weighted by Gasteiger charge is -2.24. The Bertz CT molecular complexity index is 55.4. The molecular weight excluding hydrogens is 98.1 g/mol. The van der Waals surface area contributed by atoms with Gasteiger partial charge in [0, 0.05) is 6.54 Å². The summed E-state index contributed by atoms with van der Waals surface area (Å²) in [6.45, 7) is 5.97. The molecule has 1 heterocycles. The maximum atomic E-state index is 2.46. The minimum absolute atomic E-state index is 1.22. The molecule has 0 aromatic heterocycles. The summed E-state index contributed by atoms with van der Waals surface area (Å²) in [5.41, 5.74) is 0. The van der Waals surface area contributed by atoms with E-state index < -0.39 is 0 Å². The molecule has 1 radical (unpaired) electrons. The van der Waals surface area contributed by atoms with Crippen molar-refractivity contribution in [2.45, 2.75) is 19.8 Å². The van der Waals surface area contributed by atoms with Crippen LogP contribution >= 0.6 is 0 Å². The molecule has 0 aromatic rings. The van der Waals surface area contributed by atoms with Crippen LogP contribution in [0.25, 0.3) is 0 Å². The maximum absolute atomic E-state index is 2.46. The van der Waals surface area contributed by atoms with E-state index in [1.807, 2.05) is 0 Å². The van der Waals surface area contributed by atoms with Crippen LogP contribution in [-0.2, 0) is 0 Å². The zero-order valence-corrected chi connectivity index (χ0v) is 5.56. The molecule has 1 saturated heterocycles. The second kappa shape index (κ2) is 3.08. The smallest absolute Gasteiger partial charge is 0.00127 e. The Hall–Kier alpha value is -0.0400. The lowest BCUT2D eigenvalue weighted by atomic mass is 10.1. The van der Waals surface area contributed by atoms with Crippen LogP contribution in [0.5, 0.6) is 0 Å². The van der Waals surface area contributed by atoms with Crippen LogP contribution in [0.3, 0.4) is 0 Å². The summed E-state index contributed by atoms with van der Waals surface area (Å²) in [5.74, 6) is 0. The van der Waals surface area contributed by atoms with Gasteiger partial charge in [-0.3, -0.25) is 0 Å². The molecule has 0 bridgehead atoms. The summed E-state index contributed by atoms with van der Waals surface area (Å²) in [6.07, 6.45) is 5.07. The predicted octanol–water partition coefficient (Wildman–Crippen LogP) is 1.31. The molecule has 47 valence electrons. The fourth-order valence-corrected chi connectivity index (χ4v) is 1.11. The van der Waals surface area contributed by atoms with E-state index in [1.54, 1.807) is 0 Å². The topological polar surface area (TPSA) is 3.24 Å². The van der Waals surface area contributed by atoms with Crippen molar-refractivity contribution in [3.05, 3.63) is 6.42 Å². The standard InChI is InChI=1S/C7H14N/c1-2-8-6-4-3-5-7-8/h4H,2-3,5-7H2,1H3. The van der Waals surface area contributed by atoms with Crippen molar-refractivity contribution in [1.29, 1.82) is 0 Å². The highest BCUT2D eigenvalue weighted by Gasteiger charge is 2.05. The molecule has 1 rings (SSSR count). The van der Waals surface area contributed by atoms with Crippen molar-refractivity contribution < 1.29 is 0 Å². The number of likely N-dealkylation sites (tertiary alicyclic amines) is 1. The summed E-state index contributed by atoms with van der Waals surface area (Å²) in [7, 11) is 0. The van der Waals surface area contributed by atoms with E-state index in [1.165, 1.54) is 32.5 Å². The number of hydrogen-bond donors (Lipinski definition) is 0. The predicted molar refractivity (Wildman–Crippen MR) is 35.6 cm³/mol. The van der Waals surface area contributed by atoms with Gasteiger partial charge in [-0.25, -0.2) is 0 Å². The minimum atomic E-state index is 1.22. The minimum Gasteiger partial charge on any atom is -0.303 e. The van der Waals surface area contributed by atoms with Gasteiger partial charge in [-0.05, 0) is 32.4 Å². The van der Waals surface area contributed by atoms with Crippen LogP contribution in [0.1, 0.15) is 19.8 Å². The zero-order chi connectivity index (χ0) is 5.82. The van der Waals surface area contributed by atoms with Crippen molar-refractivity contribution in [2.24, 2.45) is 0 Å². The first-order chi connectivity index (χ1) is 3.93. The second-order valence-corrected chi connectivity index (χ2v) is 2.32. The van der Waals surface area contributed by atoms with Gasteiger partial charge in [0.05, 0.1) is 0 Å². The van der Waals surface area contributed by atoms with Crippen LogP contribution < -0.4 is 0 Å². The fraction of sp³-hybridized carbons (Fsp3) is 0.857. The van der Waals surface area contributed by atoms with E-state index in [2.05, 4.69) is 18.2 Å². The molecule has 1 heteroatoms. The molecular formula is C7H14N. The monoisotopic (exact) mass is 112 g/mol. The molecule has 0 aliphatic carbocycles. The zero-order valence-electron chi connectivity index (χ0n) is 5.56. The summed E-state index contributed by atoms with van der Waals surface area (Å²) in [5, 5.41) is 0. The van der Waals surface area contributed by atoms with Crippen molar-refractivity contribution in [1.82, 2.24) is 4.90 Å². The quantitative estimate of drug-likeness (QED) is 0.494. The van der Waals surface area contributed by atoms with Crippen LogP contribution in [0.4, 0.5) is 0 Å². The van der Waals surface area contributed by atoms with Crippen LogP contribution in [0.2, 0.25) is 0 Å². The lowest BCUT2D eigenvalue weighted by Crippen LogP contribution is -2.29. The Kier molecular flexibility index (Phi) is 2.34. The molecule has 0 N–H and O–H groups in total. The van der Waals surface area contributed by atoms with Crippen molar-refractivity contribution >= 4 is 0 Å². The fourth-order valence-electron chi connectivity index (χ4n) is 1.11. The largest absolute Gasteiger partial charge is 0.303 e. The molecule has 0 amide bonds. The van der Waals surface area contributed by atoms with Gasteiger partial charge in [0.25, 0.3) is 0 Å². The van der Waals surface area contributed by atoms with E-state index in [4.69, 9.17) is 0 Å². The van der Waals surface area contributed by atoms with E-state index in [0.29, 0.717) is 0 Å². The first-order valence-electron chi connectivity index (χ1n) is 3.47. The molecule has 1 nitrogen and oxygen atoms in total. The summed E-state index contributed by atoms with van der Waals surface area (Å²) >= 11 is 0. The van der Waals surface area contributed by atoms with Crippen LogP contribution in [0.15, 0.2) is 0 Å². The Morgan fingerprint density at radius 3 is 2.88 bits per heavy atom. The molecule has 0 unspecified atom stereocenters. The van der Waals surface area contributed by atoms with Crippen LogP contribution in [0, 0.1) is 6.42 Å². The Morgan fingerprint density at radius 2 is 2.50 bits per heavy atom. The van der Waals surface area contributed by atoms with E-state index >= 15 is 0 Å². The van der Waals surface area contributed by atoms with Gasteiger partial charge in [0.15, 0.2) is 0 Å². The average Bonchev–Trinajstić information content (AvgIpc) is 1.90. The molecule has 0 atom stereocenters. The maximum Gasteiger partial charge on any atom is 0.00127 e. The molecule has 1 aliphatic heterocycles. The average molecular weight is 112 g/mol. The third-order valence-electron chi connectivity index (χ3n) is 1.72. The lowest BCUT2D eigenvalue weighted by molar-refractivity contribution is 0.276. The van der Waals surface area contributed by atoms with Gasteiger partial charge in [-0.15, -0.1) is 0 Å². The molecule has 0 spiro atoms. The first-order valence-corrected chi connectivity index (χ1v) is 3.47. The molecule has 1 fully saturated rings. The normalized spacial score (nSPS) is 23.6. The number of piperidine rings is 1. The van der Waals surface area contributed by atoms with E-state index in [-0.39, 0.29) is 0 Å². The highest BCUT2D eigenvalue weighted by Crippen LogP contribution is 2.05. The highest BCUT2D eigenvalue weighted by molar-refractivity contribution is 4.76. The molecule has 8 heavy (non-hydrogen) atoms. The van der Waals surface area contributed by atoms with Gasteiger partial charge in [-0.2, -0.15) is 0 Å². The third kappa shape index (κ3) is 1.48. The molecule has 0 aromatic carbocycles. The van der Waals surface area contributed by atoms with Gasteiger partial charge in [0.2, 0.25) is 0 Å². The highest BCUT2D eigenvalue weighted by atomic mass is 15.1. The van der Waals surface area contributed by atoms with Crippen molar-refractivity contribution in [3.8, 4) is 0 Å². The summed E-state index contributed by atoms with van der Waals surface area (Å²) in [4.78, 5) is 2.46. The number of nitrogens with zero attached hydrogens (tertiary/aromatic N) is 1. The summed E-state index contributed by atoms with van der Waals surface area (Å²) < 4.78 is 0. The van der Waals surface area contributed by atoms with Crippen molar-refractivity contribution in [2.75, 3.05) is 19.6 Å². The third-order valence-corrected chi connectivity index (χ3v) is 1.72. The van der Waals surface area contributed by atoms with E-state index in [0.717, 1.165) is 0 Å². The van der Waals surface area contributed by atoms with Crippen molar-refractivity contribution in [3.63, 3.8) is 0 Å². The molecule has 0 saturated carbocycles.